The van der Waals surface area contributed by atoms with Crippen LogP contribution >= 0.6 is 0 Å². The number of nitrogens with zero attached hydrogens (tertiary/aromatic N) is 2. The molecule has 0 aromatic heterocycles. The highest BCUT2D eigenvalue weighted by Gasteiger charge is 2.45. The molecule has 3 aliphatic rings. The number of hydrogen-bond acceptors (Lipinski definition) is 5. The number of benzene rings is 5. The van der Waals surface area contributed by atoms with Crippen molar-refractivity contribution in [2.45, 2.75) is 97.3 Å². The van der Waals surface area contributed by atoms with Gasteiger partial charge in [-0.1, -0.05) is 138 Å². The SMILES string of the molecule is CCCCN1/C(=C/C=C2\CCCC(/C=C/C3=[N+](CCCC)c4ccc5ccccc5c4C3(C)C)=C2c2ccccc2)C(C)(C)c2c1ccc1ccccc21.[O-][Cl+3]([O-])([O-])[O-]. The number of rotatable bonds is 10. The third-order valence-electron chi connectivity index (χ3n) is 12.5. The monoisotopic (exact) mass is 808 g/mol. The van der Waals surface area contributed by atoms with Crippen LogP contribution in [-0.4, -0.2) is 23.4 Å². The van der Waals surface area contributed by atoms with Crippen LogP contribution in [-0.2, 0) is 10.8 Å². The molecule has 2 aliphatic heterocycles. The first-order chi connectivity index (χ1) is 28.3. The Kier molecular flexibility index (Phi) is 12.5. The summed E-state index contributed by atoms with van der Waals surface area (Å²) in [7, 11) is -4.94. The Morgan fingerprint density at radius 3 is 1.93 bits per heavy atom. The molecule has 1 aliphatic carbocycles. The van der Waals surface area contributed by atoms with Gasteiger partial charge in [-0.3, -0.25) is 0 Å². The van der Waals surface area contributed by atoms with Crippen molar-refractivity contribution in [3.63, 3.8) is 0 Å². The minimum absolute atomic E-state index is 0.110. The zero-order valence-corrected chi connectivity index (χ0v) is 36.1. The van der Waals surface area contributed by atoms with Crippen LogP contribution in [0, 0.1) is 10.2 Å². The van der Waals surface area contributed by atoms with Gasteiger partial charge in [0.1, 0.15) is 6.54 Å². The molecule has 5 aromatic carbocycles. The van der Waals surface area contributed by atoms with Crippen molar-refractivity contribution in [1.82, 2.24) is 0 Å². The smallest absolute Gasteiger partial charge is 0.210 e. The maximum absolute atomic E-state index is 8.49. The Morgan fingerprint density at radius 1 is 0.661 bits per heavy atom. The fraction of sp³-hybridized carbons (Fsp3) is 0.327. The number of unbranched alkanes of at least 4 members (excludes halogenated alkanes) is 2. The van der Waals surface area contributed by atoms with Crippen molar-refractivity contribution in [3.05, 3.63) is 161 Å². The first kappa shape index (κ1) is 42.3. The van der Waals surface area contributed by atoms with E-state index in [1.54, 1.807) is 0 Å². The summed E-state index contributed by atoms with van der Waals surface area (Å²) in [5, 5.41) is 5.40. The van der Waals surface area contributed by atoms with Crippen molar-refractivity contribution < 1.29 is 33.5 Å². The second-order valence-electron chi connectivity index (χ2n) is 17.1. The average molecular weight is 809 g/mol. The zero-order chi connectivity index (χ0) is 42.0. The normalized spacial score (nSPS) is 18.6. The van der Waals surface area contributed by atoms with Gasteiger partial charge in [0.05, 0.1) is 5.41 Å². The van der Waals surface area contributed by atoms with Crippen LogP contribution in [0.15, 0.2) is 144 Å². The molecule has 0 atom stereocenters. The van der Waals surface area contributed by atoms with Gasteiger partial charge in [0.15, 0.2) is 5.71 Å². The van der Waals surface area contributed by atoms with Gasteiger partial charge < -0.3 is 4.90 Å². The summed E-state index contributed by atoms with van der Waals surface area (Å²) in [6.07, 6.45) is 18.0. The highest BCUT2D eigenvalue weighted by molar-refractivity contribution is 6.08. The first-order valence-corrected chi connectivity index (χ1v) is 22.5. The van der Waals surface area contributed by atoms with Crippen molar-refractivity contribution >= 4 is 44.2 Å². The lowest BCUT2D eigenvalue weighted by Crippen LogP contribution is -2.68. The molecule has 0 bridgehead atoms. The summed E-state index contributed by atoms with van der Waals surface area (Å²) in [4.78, 5) is 2.63. The lowest BCUT2D eigenvalue weighted by Gasteiger charge is -2.28. The van der Waals surface area contributed by atoms with E-state index in [0.29, 0.717) is 0 Å². The molecule has 59 heavy (non-hydrogen) atoms. The Labute approximate surface area is 352 Å². The molecule has 0 saturated heterocycles. The Balaban J connectivity index is 0.000000997. The number of allylic oxidation sites excluding steroid dienone is 8. The Hall–Kier alpha value is -4.82. The molecule has 0 radical (unpaired) electrons. The van der Waals surface area contributed by atoms with Gasteiger partial charge in [0, 0.05) is 47.5 Å². The summed E-state index contributed by atoms with van der Waals surface area (Å²) < 4.78 is 36.6. The standard InChI is InChI=1S/C52H57N2.ClHO4/c1-7-9-35-53-44-31-27-37-19-14-16-25-42(37)49(44)51(3,4)46(53)33-29-40-23-18-24-41(48(40)39-21-12-11-13-22-39)30-34-47-52(5,6)50-43-26-17-15-20-38(43)28-32-45(50)54(47)36-10-8-2;2-1(3,4)5/h11-17,19-22,25-34H,7-10,18,23-24,35-36H2,1-6H3;(H,2,3,4,5)/q+1;/p-1. The lowest BCUT2D eigenvalue weighted by atomic mass is 9.78. The molecule has 8 rings (SSSR count). The van der Waals surface area contributed by atoms with Crippen LogP contribution in [0.25, 0.3) is 27.1 Å². The molecule has 0 amide bonds. The summed E-state index contributed by atoms with van der Waals surface area (Å²) in [6.45, 7) is 16.4. The van der Waals surface area contributed by atoms with Crippen molar-refractivity contribution in [3.8, 4) is 0 Å². The molecular formula is C52H57ClN2O4. The number of hydrogen-bond donors (Lipinski definition) is 0. The predicted molar refractivity (Wildman–Crippen MR) is 233 cm³/mol. The molecule has 0 unspecified atom stereocenters. The van der Waals surface area contributed by atoms with Gasteiger partial charge in [0.25, 0.3) is 0 Å². The summed E-state index contributed by atoms with van der Waals surface area (Å²) >= 11 is 0. The van der Waals surface area contributed by atoms with Crippen LogP contribution in [0.2, 0.25) is 0 Å². The second kappa shape index (κ2) is 17.4. The maximum Gasteiger partial charge on any atom is 0.210 e. The molecule has 2 heterocycles. The summed E-state index contributed by atoms with van der Waals surface area (Å²) in [6, 6.07) is 38.4. The first-order valence-electron chi connectivity index (χ1n) is 21.2. The molecule has 0 saturated carbocycles. The molecule has 0 spiro atoms. The fourth-order valence-electron chi connectivity index (χ4n) is 9.78. The highest BCUT2D eigenvalue weighted by atomic mass is 35.7. The average Bonchev–Trinajstić information content (AvgIpc) is 3.58. The van der Waals surface area contributed by atoms with E-state index in [1.165, 1.54) is 103 Å². The van der Waals surface area contributed by atoms with Crippen LogP contribution in [0.1, 0.15) is 103 Å². The summed E-state index contributed by atoms with van der Waals surface area (Å²) in [5.74, 6) is 0. The van der Waals surface area contributed by atoms with Gasteiger partial charge in [-0.15, -0.1) is 10.2 Å². The van der Waals surface area contributed by atoms with E-state index in [9.17, 15) is 0 Å². The van der Waals surface area contributed by atoms with Crippen LogP contribution < -0.4 is 23.5 Å². The van der Waals surface area contributed by atoms with E-state index in [-0.39, 0.29) is 10.8 Å². The third-order valence-corrected chi connectivity index (χ3v) is 12.5. The van der Waals surface area contributed by atoms with Gasteiger partial charge in [-0.2, -0.15) is 4.58 Å². The minimum Gasteiger partial charge on any atom is -0.344 e. The van der Waals surface area contributed by atoms with Crippen LogP contribution in [0.5, 0.6) is 0 Å². The lowest BCUT2D eigenvalue weighted by molar-refractivity contribution is -2.00. The van der Waals surface area contributed by atoms with Gasteiger partial charge in [-0.25, -0.2) is 18.6 Å². The topological polar surface area (TPSA) is 98.5 Å². The minimum atomic E-state index is -4.94. The van der Waals surface area contributed by atoms with E-state index in [4.69, 9.17) is 18.6 Å². The summed E-state index contributed by atoms with van der Waals surface area (Å²) in [5.41, 5.74) is 13.9. The van der Waals surface area contributed by atoms with E-state index >= 15 is 0 Å². The molecule has 0 N–H and O–H groups in total. The van der Waals surface area contributed by atoms with Crippen molar-refractivity contribution in [2.75, 3.05) is 18.0 Å². The zero-order valence-electron chi connectivity index (χ0n) is 35.4. The molecular weight excluding hydrogens is 752 g/mol. The fourth-order valence-corrected chi connectivity index (χ4v) is 9.78. The number of anilines is 1. The van der Waals surface area contributed by atoms with Crippen LogP contribution in [0.4, 0.5) is 11.4 Å². The number of fused-ring (bicyclic) bond motifs is 6. The number of halogens is 1. The van der Waals surface area contributed by atoms with E-state index in [0.717, 1.165) is 32.4 Å². The highest BCUT2D eigenvalue weighted by Crippen LogP contribution is 2.51. The quantitative estimate of drug-likeness (QED) is 0.131. The van der Waals surface area contributed by atoms with E-state index in [1.807, 2.05) is 0 Å². The maximum atomic E-state index is 8.49. The molecule has 0 fully saturated rings. The predicted octanol–water partition coefficient (Wildman–Crippen LogP) is 9.02. The van der Waals surface area contributed by atoms with Gasteiger partial charge in [-0.05, 0) is 107 Å². The molecule has 6 nitrogen and oxygen atoms in total. The Bertz CT molecular complexity index is 2500. The molecule has 5 aromatic rings. The third kappa shape index (κ3) is 8.61. The van der Waals surface area contributed by atoms with Crippen molar-refractivity contribution in [2.24, 2.45) is 0 Å². The molecule has 7 heteroatoms. The molecule has 306 valence electrons. The van der Waals surface area contributed by atoms with Crippen LogP contribution in [0.3, 0.4) is 0 Å². The Morgan fingerprint density at radius 2 is 1.27 bits per heavy atom. The van der Waals surface area contributed by atoms with E-state index < -0.39 is 10.2 Å². The largest absolute Gasteiger partial charge is 0.344 e. The van der Waals surface area contributed by atoms with Gasteiger partial charge in [0.2, 0.25) is 5.69 Å². The van der Waals surface area contributed by atoms with E-state index in [2.05, 4.69) is 178 Å². The van der Waals surface area contributed by atoms with Crippen molar-refractivity contribution in [1.29, 1.82) is 0 Å². The second-order valence-corrected chi connectivity index (χ2v) is 17.8. The van der Waals surface area contributed by atoms with Gasteiger partial charge >= 0.3 is 0 Å².